The highest BCUT2D eigenvalue weighted by Gasteiger charge is 2.20. The van der Waals surface area contributed by atoms with Crippen molar-refractivity contribution >= 4 is 11.6 Å². The molecule has 2 N–H and O–H groups in total. The molecule has 0 fully saturated rings. The van der Waals surface area contributed by atoms with Gasteiger partial charge in [0, 0.05) is 16.1 Å². The Labute approximate surface area is 93.2 Å². The first-order valence-corrected chi connectivity index (χ1v) is 5.03. The predicted octanol–water partition coefficient (Wildman–Crippen LogP) is 3.56. The topological polar surface area (TPSA) is 26.0 Å². The standard InChI is InChI=1S/C11H14ClF2N/c1-11(2,15)6-7-4-3-5-8(12)9(7)10(13)14/h3-5,10H,6,15H2,1-2H3. The fourth-order valence-corrected chi connectivity index (χ4v) is 1.75. The summed E-state index contributed by atoms with van der Waals surface area (Å²) < 4.78 is 25.5. The second-order valence-corrected chi connectivity index (χ2v) is 4.69. The van der Waals surface area contributed by atoms with E-state index >= 15 is 0 Å². The molecule has 0 aliphatic heterocycles. The van der Waals surface area contributed by atoms with Crippen LogP contribution in [-0.2, 0) is 6.42 Å². The summed E-state index contributed by atoms with van der Waals surface area (Å²) in [4.78, 5) is 0. The zero-order valence-electron chi connectivity index (χ0n) is 8.73. The molecule has 1 aromatic rings. The van der Waals surface area contributed by atoms with Crippen LogP contribution in [0.2, 0.25) is 5.02 Å². The first kappa shape index (κ1) is 12.4. The van der Waals surface area contributed by atoms with Crippen molar-refractivity contribution in [2.75, 3.05) is 0 Å². The zero-order chi connectivity index (χ0) is 11.6. The largest absolute Gasteiger partial charge is 0.325 e. The highest BCUT2D eigenvalue weighted by atomic mass is 35.5. The van der Waals surface area contributed by atoms with Gasteiger partial charge in [-0.15, -0.1) is 0 Å². The Morgan fingerprint density at radius 3 is 2.47 bits per heavy atom. The Morgan fingerprint density at radius 2 is 2.00 bits per heavy atom. The van der Waals surface area contributed by atoms with Crippen LogP contribution in [-0.4, -0.2) is 5.54 Å². The molecule has 0 atom stereocenters. The van der Waals surface area contributed by atoms with Gasteiger partial charge in [-0.25, -0.2) is 8.78 Å². The minimum Gasteiger partial charge on any atom is -0.325 e. The van der Waals surface area contributed by atoms with Crippen molar-refractivity contribution < 1.29 is 8.78 Å². The molecule has 0 aliphatic carbocycles. The van der Waals surface area contributed by atoms with Crippen molar-refractivity contribution in [1.82, 2.24) is 0 Å². The summed E-state index contributed by atoms with van der Waals surface area (Å²) >= 11 is 5.73. The SMILES string of the molecule is CC(C)(N)Cc1cccc(Cl)c1C(F)F. The van der Waals surface area contributed by atoms with E-state index < -0.39 is 12.0 Å². The van der Waals surface area contributed by atoms with Gasteiger partial charge in [-0.3, -0.25) is 0 Å². The van der Waals surface area contributed by atoms with E-state index in [0.717, 1.165) is 0 Å². The predicted molar refractivity (Wildman–Crippen MR) is 58.4 cm³/mol. The van der Waals surface area contributed by atoms with E-state index in [1.165, 1.54) is 6.07 Å². The van der Waals surface area contributed by atoms with E-state index in [2.05, 4.69) is 0 Å². The molecule has 4 heteroatoms. The maximum absolute atomic E-state index is 12.7. The van der Waals surface area contributed by atoms with E-state index in [1.54, 1.807) is 26.0 Å². The van der Waals surface area contributed by atoms with Crippen LogP contribution in [0.4, 0.5) is 8.78 Å². The van der Waals surface area contributed by atoms with Crippen LogP contribution >= 0.6 is 11.6 Å². The molecule has 84 valence electrons. The smallest absolute Gasteiger partial charge is 0.265 e. The van der Waals surface area contributed by atoms with Gasteiger partial charge >= 0.3 is 0 Å². The monoisotopic (exact) mass is 233 g/mol. The van der Waals surface area contributed by atoms with Gasteiger partial charge in [0.25, 0.3) is 6.43 Å². The molecule has 15 heavy (non-hydrogen) atoms. The molecule has 0 unspecified atom stereocenters. The Bertz CT molecular complexity index is 345. The number of benzene rings is 1. The Hall–Kier alpha value is -0.670. The van der Waals surface area contributed by atoms with Crippen molar-refractivity contribution in [3.8, 4) is 0 Å². The molecule has 0 saturated heterocycles. The van der Waals surface area contributed by atoms with Gasteiger partial charge in [0.1, 0.15) is 0 Å². The fourth-order valence-electron chi connectivity index (χ4n) is 1.47. The first-order valence-electron chi connectivity index (χ1n) is 4.65. The number of hydrogen-bond acceptors (Lipinski definition) is 1. The minimum absolute atomic E-state index is 0.0994. The maximum atomic E-state index is 12.7. The number of hydrogen-bond donors (Lipinski definition) is 1. The first-order chi connectivity index (χ1) is 6.81. The minimum atomic E-state index is -2.56. The number of alkyl halides is 2. The molecule has 0 bridgehead atoms. The third-order valence-electron chi connectivity index (χ3n) is 2.01. The van der Waals surface area contributed by atoms with Gasteiger partial charge in [0.2, 0.25) is 0 Å². The van der Waals surface area contributed by atoms with E-state index in [4.69, 9.17) is 17.3 Å². The third kappa shape index (κ3) is 3.43. The number of rotatable bonds is 3. The van der Waals surface area contributed by atoms with Gasteiger partial charge in [0.05, 0.1) is 0 Å². The second-order valence-electron chi connectivity index (χ2n) is 4.28. The molecule has 1 aromatic carbocycles. The molecule has 0 heterocycles. The molecule has 0 radical (unpaired) electrons. The lowest BCUT2D eigenvalue weighted by atomic mass is 9.93. The second kappa shape index (κ2) is 4.45. The molecule has 1 rings (SSSR count). The molecular formula is C11H14ClF2N. The average molecular weight is 234 g/mol. The van der Waals surface area contributed by atoms with Crippen LogP contribution in [0.3, 0.4) is 0 Å². The van der Waals surface area contributed by atoms with Gasteiger partial charge in [-0.05, 0) is 31.9 Å². The fraction of sp³-hybridized carbons (Fsp3) is 0.455. The molecule has 0 aliphatic rings. The summed E-state index contributed by atoms with van der Waals surface area (Å²) in [7, 11) is 0. The van der Waals surface area contributed by atoms with Crippen LogP contribution in [0, 0.1) is 0 Å². The van der Waals surface area contributed by atoms with Crippen molar-refractivity contribution in [2.45, 2.75) is 32.2 Å². The van der Waals surface area contributed by atoms with Crippen molar-refractivity contribution in [1.29, 1.82) is 0 Å². The highest BCUT2D eigenvalue weighted by Crippen LogP contribution is 2.31. The lowest BCUT2D eigenvalue weighted by Gasteiger charge is -2.20. The summed E-state index contributed by atoms with van der Waals surface area (Å²) in [5, 5.41) is 0.103. The van der Waals surface area contributed by atoms with E-state index in [1.807, 2.05) is 0 Å². The van der Waals surface area contributed by atoms with Crippen LogP contribution < -0.4 is 5.73 Å². The van der Waals surface area contributed by atoms with Crippen LogP contribution in [0.15, 0.2) is 18.2 Å². The summed E-state index contributed by atoms with van der Waals surface area (Å²) in [6.07, 6.45) is -2.18. The quantitative estimate of drug-likeness (QED) is 0.849. The number of halogens is 3. The van der Waals surface area contributed by atoms with E-state index in [9.17, 15) is 8.78 Å². The van der Waals surface area contributed by atoms with Crippen molar-refractivity contribution in [3.63, 3.8) is 0 Å². The summed E-state index contributed by atoms with van der Waals surface area (Å²) in [6.45, 7) is 3.59. The molecular weight excluding hydrogens is 220 g/mol. The maximum Gasteiger partial charge on any atom is 0.265 e. The summed E-state index contributed by atoms with van der Waals surface area (Å²) in [5.41, 5.74) is 5.70. The zero-order valence-corrected chi connectivity index (χ0v) is 9.48. The average Bonchev–Trinajstić information content (AvgIpc) is 1.99. The molecule has 0 saturated carbocycles. The van der Waals surface area contributed by atoms with E-state index in [0.29, 0.717) is 12.0 Å². The van der Waals surface area contributed by atoms with Gasteiger partial charge < -0.3 is 5.73 Å². The van der Waals surface area contributed by atoms with Crippen LogP contribution in [0.1, 0.15) is 31.4 Å². The lowest BCUT2D eigenvalue weighted by molar-refractivity contribution is 0.150. The Morgan fingerprint density at radius 1 is 1.40 bits per heavy atom. The normalized spacial score (nSPS) is 12.2. The highest BCUT2D eigenvalue weighted by molar-refractivity contribution is 6.31. The van der Waals surface area contributed by atoms with E-state index in [-0.39, 0.29) is 10.6 Å². The van der Waals surface area contributed by atoms with Gasteiger partial charge in [-0.2, -0.15) is 0 Å². The van der Waals surface area contributed by atoms with Gasteiger partial charge in [0.15, 0.2) is 0 Å². The summed E-state index contributed by atoms with van der Waals surface area (Å²) in [5.74, 6) is 0. The van der Waals surface area contributed by atoms with Crippen molar-refractivity contribution in [2.24, 2.45) is 5.73 Å². The third-order valence-corrected chi connectivity index (χ3v) is 2.34. The molecule has 1 nitrogen and oxygen atoms in total. The van der Waals surface area contributed by atoms with Crippen molar-refractivity contribution in [3.05, 3.63) is 34.3 Å². The van der Waals surface area contributed by atoms with Crippen LogP contribution in [0.25, 0.3) is 0 Å². The summed E-state index contributed by atoms with van der Waals surface area (Å²) in [6, 6.07) is 4.77. The Kier molecular flexibility index (Phi) is 3.68. The molecule has 0 aromatic heterocycles. The molecule has 0 amide bonds. The number of nitrogens with two attached hydrogens (primary N) is 1. The molecule has 0 spiro atoms. The van der Waals surface area contributed by atoms with Gasteiger partial charge in [-0.1, -0.05) is 23.7 Å². The van der Waals surface area contributed by atoms with Crippen LogP contribution in [0.5, 0.6) is 0 Å². The lowest BCUT2D eigenvalue weighted by Crippen LogP contribution is -2.34. The Balaban J connectivity index is 3.12.